The zero-order valence-electron chi connectivity index (χ0n) is 21.2. The number of benzene rings is 2. The van der Waals surface area contributed by atoms with Gasteiger partial charge in [-0.25, -0.2) is 0 Å². The first-order valence-electron chi connectivity index (χ1n) is 12.8. The molecule has 0 radical (unpaired) electrons. The maximum absolute atomic E-state index is 10.6. The molecule has 1 fully saturated rings. The maximum Gasteiger partial charge on any atom is 0.261 e. The Balaban J connectivity index is 1.56. The summed E-state index contributed by atoms with van der Waals surface area (Å²) in [5.41, 5.74) is 1.48. The van der Waals surface area contributed by atoms with Crippen molar-refractivity contribution in [1.29, 1.82) is 0 Å². The molecule has 33 heavy (non-hydrogen) atoms. The Bertz CT molecular complexity index is 907. The summed E-state index contributed by atoms with van der Waals surface area (Å²) in [4.78, 5) is 0. The minimum Gasteiger partial charge on any atom is -0.407 e. The van der Waals surface area contributed by atoms with Gasteiger partial charge in [0.25, 0.3) is 8.32 Å². The topological polar surface area (TPSA) is 29.5 Å². The van der Waals surface area contributed by atoms with E-state index in [-0.39, 0.29) is 16.6 Å². The molecule has 0 spiro atoms. The van der Waals surface area contributed by atoms with Crippen molar-refractivity contribution in [2.45, 2.75) is 77.9 Å². The predicted octanol–water partition coefficient (Wildman–Crippen LogP) is 6.09. The lowest BCUT2D eigenvalue weighted by molar-refractivity contribution is 0.0774. The molecule has 0 unspecified atom stereocenters. The van der Waals surface area contributed by atoms with Gasteiger partial charge in [0.2, 0.25) is 0 Å². The number of aliphatic hydroxyl groups excluding tert-OH is 1. The lowest BCUT2D eigenvalue weighted by atomic mass is 9.63. The van der Waals surface area contributed by atoms with Gasteiger partial charge >= 0.3 is 0 Å². The zero-order valence-corrected chi connectivity index (χ0v) is 22.2. The molecule has 0 amide bonds. The highest BCUT2D eigenvalue weighted by atomic mass is 28.4. The molecule has 0 saturated heterocycles. The van der Waals surface area contributed by atoms with Gasteiger partial charge in [0.05, 0.1) is 6.10 Å². The highest BCUT2D eigenvalue weighted by Crippen LogP contribution is 2.55. The maximum atomic E-state index is 10.6. The van der Waals surface area contributed by atoms with Crippen LogP contribution in [0.5, 0.6) is 0 Å². The van der Waals surface area contributed by atoms with Crippen molar-refractivity contribution in [3.05, 3.63) is 72.3 Å². The first-order chi connectivity index (χ1) is 15.7. The summed E-state index contributed by atoms with van der Waals surface area (Å²) in [6.07, 6.45) is 7.56. The van der Waals surface area contributed by atoms with Crippen molar-refractivity contribution < 1.29 is 9.53 Å². The SMILES string of the molecule is C[C@H](CCO[Si](c1ccccc1)(c1ccccc1)C(C)(C)C)[C@H]1CC=C2[C@H](O)CCC[C@@]21C. The van der Waals surface area contributed by atoms with Crippen molar-refractivity contribution in [2.75, 3.05) is 6.61 Å². The molecule has 2 aliphatic carbocycles. The van der Waals surface area contributed by atoms with Crippen LogP contribution in [-0.2, 0) is 4.43 Å². The van der Waals surface area contributed by atoms with Gasteiger partial charge in [0, 0.05) is 6.61 Å². The average Bonchev–Trinajstić information content (AvgIpc) is 3.15. The highest BCUT2D eigenvalue weighted by molar-refractivity contribution is 6.99. The number of allylic oxidation sites excluding steroid dienone is 1. The van der Waals surface area contributed by atoms with Gasteiger partial charge in [-0.15, -0.1) is 0 Å². The summed E-state index contributed by atoms with van der Waals surface area (Å²) in [7, 11) is -2.47. The van der Waals surface area contributed by atoms with Crippen LogP contribution in [0.2, 0.25) is 5.04 Å². The van der Waals surface area contributed by atoms with Crippen molar-refractivity contribution >= 4 is 18.7 Å². The van der Waals surface area contributed by atoms with Gasteiger partial charge in [-0.3, -0.25) is 0 Å². The highest BCUT2D eigenvalue weighted by Gasteiger charge is 2.51. The first kappa shape index (κ1) is 24.4. The summed E-state index contributed by atoms with van der Waals surface area (Å²) >= 11 is 0. The minimum atomic E-state index is -2.47. The second kappa shape index (κ2) is 9.52. The number of rotatable bonds is 7. The van der Waals surface area contributed by atoms with Crippen molar-refractivity contribution in [2.24, 2.45) is 17.3 Å². The number of fused-ring (bicyclic) bond motifs is 1. The zero-order chi connectivity index (χ0) is 23.7. The fourth-order valence-electron chi connectivity index (χ4n) is 6.85. The van der Waals surface area contributed by atoms with E-state index < -0.39 is 8.32 Å². The number of hydrogen-bond acceptors (Lipinski definition) is 2. The molecule has 4 atom stereocenters. The van der Waals surface area contributed by atoms with Crippen LogP contribution < -0.4 is 10.4 Å². The normalized spacial score (nSPS) is 26.5. The molecule has 3 heteroatoms. The van der Waals surface area contributed by atoms with Crippen LogP contribution in [0.1, 0.15) is 66.7 Å². The predicted molar refractivity (Wildman–Crippen MR) is 142 cm³/mol. The average molecular weight is 463 g/mol. The molecular formula is C30H42O2Si. The Kier molecular flexibility index (Phi) is 7.05. The lowest BCUT2D eigenvalue weighted by Gasteiger charge is -2.45. The summed E-state index contributed by atoms with van der Waals surface area (Å²) in [5, 5.41) is 13.3. The lowest BCUT2D eigenvalue weighted by Crippen LogP contribution is -2.66. The Morgan fingerprint density at radius 2 is 1.61 bits per heavy atom. The molecule has 178 valence electrons. The smallest absolute Gasteiger partial charge is 0.261 e. The second-order valence-corrected chi connectivity index (χ2v) is 15.9. The molecule has 2 aliphatic rings. The van der Waals surface area contributed by atoms with Crippen molar-refractivity contribution in [3.8, 4) is 0 Å². The van der Waals surface area contributed by atoms with Gasteiger partial charge in [-0.05, 0) is 70.3 Å². The molecule has 0 aromatic heterocycles. The van der Waals surface area contributed by atoms with Gasteiger partial charge in [0.1, 0.15) is 0 Å². The Hall–Kier alpha value is -1.68. The van der Waals surface area contributed by atoms with Gasteiger partial charge in [0.15, 0.2) is 0 Å². The van der Waals surface area contributed by atoms with Crippen molar-refractivity contribution in [3.63, 3.8) is 0 Å². The van der Waals surface area contributed by atoms with Crippen LogP contribution in [0.3, 0.4) is 0 Å². The Morgan fingerprint density at radius 1 is 1.03 bits per heavy atom. The van der Waals surface area contributed by atoms with Crippen LogP contribution in [0.25, 0.3) is 0 Å². The summed E-state index contributed by atoms with van der Waals surface area (Å²) in [6, 6.07) is 21.9. The third-order valence-corrected chi connectivity index (χ3v) is 13.6. The Labute approximate surface area is 202 Å². The fraction of sp³-hybridized carbons (Fsp3) is 0.533. The Morgan fingerprint density at radius 3 is 2.15 bits per heavy atom. The largest absolute Gasteiger partial charge is 0.407 e. The van der Waals surface area contributed by atoms with Crippen LogP contribution in [0.15, 0.2) is 72.3 Å². The molecule has 2 aromatic carbocycles. The molecule has 1 saturated carbocycles. The van der Waals surface area contributed by atoms with Crippen LogP contribution in [-0.4, -0.2) is 26.1 Å². The molecule has 0 bridgehead atoms. The molecule has 4 rings (SSSR count). The quantitative estimate of drug-likeness (QED) is 0.399. The first-order valence-corrected chi connectivity index (χ1v) is 14.7. The number of hydrogen-bond donors (Lipinski definition) is 1. The second-order valence-electron chi connectivity index (χ2n) is 11.6. The molecular weight excluding hydrogens is 420 g/mol. The van der Waals surface area contributed by atoms with Crippen LogP contribution in [0, 0.1) is 17.3 Å². The van der Waals surface area contributed by atoms with E-state index >= 15 is 0 Å². The molecule has 2 aromatic rings. The molecule has 0 heterocycles. The van der Waals surface area contributed by atoms with Crippen molar-refractivity contribution in [1.82, 2.24) is 0 Å². The summed E-state index contributed by atoms with van der Waals surface area (Å²) in [6.45, 7) is 12.6. The summed E-state index contributed by atoms with van der Waals surface area (Å²) < 4.78 is 7.16. The van der Waals surface area contributed by atoms with E-state index in [1.165, 1.54) is 22.4 Å². The van der Waals surface area contributed by atoms with Gasteiger partial charge < -0.3 is 9.53 Å². The van der Waals surface area contributed by atoms with E-state index in [2.05, 4.69) is 101 Å². The van der Waals surface area contributed by atoms with E-state index in [9.17, 15) is 5.11 Å². The molecule has 1 N–H and O–H groups in total. The van der Waals surface area contributed by atoms with E-state index in [0.29, 0.717) is 11.8 Å². The van der Waals surface area contributed by atoms with Crippen LogP contribution in [0.4, 0.5) is 0 Å². The van der Waals surface area contributed by atoms with E-state index in [1.807, 2.05) is 0 Å². The molecule has 0 aliphatic heterocycles. The third-order valence-electron chi connectivity index (χ3n) is 8.60. The van der Waals surface area contributed by atoms with Gasteiger partial charge in [-0.1, -0.05) is 101 Å². The van der Waals surface area contributed by atoms with E-state index in [4.69, 9.17) is 4.43 Å². The number of aliphatic hydroxyl groups is 1. The fourth-order valence-corrected chi connectivity index (χ4v) is 11.4. The monoisotopic (exact) mass is 462 g/mol. The standard InChI is InChI=1S/C30H42O2Si/c1-23(26-18-19-27-28(31)17-12-21-30(26,27)5)20-22-32-33(29(2,3)4,24-13-8-6-9-14-24)25-15-10-7-11-16-25/h6-11,13-16,19,23,26,28,31H,12,17-18,20-22H2,1-5H3/t23-,26-,28-,30-/m1/s1. The van der Waals surface area contributed by atoms with Gasteiger partial charge in [-0.2, -0.15) is 0 Å². The third kappa shape index (κ3) is 4.40. The summed E-state index contributed by atoms with van der Waals surface area (Å²) in [5.74, 6) is 1.16. The minimum absolute atomic E-state index is 0.0144. The van der Waals surface area contributed by atoms with E-state index in [1.54, 1.807) is 0 Å². The molecule has 2 nitrogen and oxygen atoms in total. The van der Waals surface area contributed by atoms with Crippen LogP contribution >= 0.6 is 0 Å². The van der Waals surface area contributed by atoms with E-state index in [0.717, 1.165) is 32.3 Å².